The first-order valence-corrected chi connectivity index (χ1v) is 5.37. The molecule has 0 spiro atoms. The minimum atomic E-state index is 0.628. The van der Waals surface area contributed by atoms with E-state index in [0.29, 0.717) is 5.92 Å². The minimum absolute atomic E-state index is 0.628. The molecule has 76 valence electrons. The summed E-state index contributed by atoms with van der Waals surface area (Å²) in [5.41, 5.74) is 4.47. The molecule has 0 radical (unpaired) electrons. The molecule has 1 aliphatic carbocycles. The second-order valence-electron chi connectivity index (χ2n) is 4.35. The Labute approximate surface area is 88.3 Å². The van der Waals surface area contributed by atoms with Crippen LogP contribution in [0.3, 0.4) is 0 Å². The summed E-state index contributed by atoms with van der Waals surface area (Å²) in [5, 5.41) is 1.08. The van der Waals surface area contributed by atoms with Crippen molar-refractivity contribution in [2.24, 2.45) is 0 Å². The summed E-state index contributed by atoms with van der Waals surface area (Å²) in [5.74, 6) is 0.628. The van der Waals surface area contributed by atoms with E-state index >= 15 is 0 Å². The van der Waals surface area contributed by atoms with Crippen molar-refractivity contribution in [2.75, 3.05) is 0 Å². The van der Waals surface area contributed by atoms with E-state index in [4.69, 9.17) is 0 Å². The second kappa shape index (κ2) is 2.96. The summed E-state index contributed by atoms with van der Waals surface area (Å²) in [4.78, 5) is 14.4. The number of nitrogens with one attached hydrogen (secondary N) is 1. The fourth-order valence-corrected chi connectivity index (χ4v) is 2.32. The van der Waals surface area contributed by atoms with Gasteiger partial charge in [0.05, 0.1) is 0 Å². The zero-order valence-corrected chi connectivity index (χ0v) is 8.71. The van der Waals surface area contributed by atoms with Crippen molar-refractivity contribution in [3.63, 3.8) is 0 Å². The molecule has 2 aromatic rings. The molecular weight excluding hydrogens is 186 g/mol. The Hall–Kier alpha value is -1.57. The van der Waals surface area contributed by atoms with E-state index in [-0.39, 0.29) is 0 Å². The number of aldehydes is 1. The van der Waals surface area contributed by atoms with Crippen LogP contribution in [0, 0.1) is 6.92 Å². The molecule has 1 heterocycles. The van der Waals surface area contributed by atoms with Crippen LogP contribution in [0.2, 0.25) is 0 Å². The third kappa shape index (κ3) is 1.21. The molecule has 1 aliphatic rings. The number of aromatic amines is 1. The molecule has 0 aliphatic heterocycles. The molecular formula is C13H13NO. The van der Waals surface area contributed by atoms with Crippen molar-refractivity contribution in [3.05, 3.63) is 35.0 Å². The molecule has 0 amide bonds. The first kappa shape index (κ1) is 8.72. The van der Waals surface area contributed by atoms with Crippen LogP contribution in [0.4, 0.5) is 0 Å². The Morgan fingerprint density at radius 1 is 1.47 bits per heavy atom. The number of aryl methyl sites for hydroxylation is 1. The number of benzene rings is 1. The van der Waals surface area contributed by atoms with Crippen molar-refractivity contribution < 1.29 is 4.79 Å². The Morgan fingerprint density at radius 3 is 2.93 bits per heavy atom. The van der Waals surface area contributed by atoms with Gasteiger partial charge >= 0.3 is 0 Å². The summed E-state index contributed by atoms with van der Waals surface area (Å²) >= 11 is 0. The Kier molecular flexibility index (Phi) is 1.72. The van der Waals surface area contributed by atoms with Gasteiger partial charge in [-0.3, -0.25) is 4.79 Å². The molecule has 1 fully saturated rings. The Bertz CT molecular complexity index is 535. The van der Waals surface area contributed by atoms with Crippen molar-refractivity contribution in [2.45, 2.75) is 25.7 Å². The standard InChI is InChI=1S/C13H13NO/c1-8-6-11(9-2-3-9)12(7-15)10-4-5-14-13(8)10/h4-7,9,14H,2-3H2,1H3. The van der Waals surface area contributed by atoms with E-state index in [1.807, 2.05) is 12.3 Å². The quantitative estimate of drug-likeness (QED) is 0.740. The molecule has 1 aromatic heterocycles. The summed E-state index contributed by atoms with van der Waals surface area (Å²) < 4.78 is 0. The number of aromatic nitrogens is 1. The fourth-order valence-electron chi connectivity index (χ4n) is 2.32. The molecule has 3 rings (SSSR count). The van der Waals surface area contributed by atoms with Gasteiger partial charge < -0.3 is 4.98 Å². The number of carbonyl (C=O) groups is 1. The summed E-state index contributed by atoms with van der Waals surface area (Å²) in [6, 6.07) is 4.16. The average Bonchev–Trinajstić information content (AvgIpc) is 2.96. The first-order valence-electron chi connectivity index (χ1n) is 5.37. The molecule has 0 atom stereocenters. The highest BCUT2D eigenvalue weighted by Crippen LogP contribution is 2.43. The van der Waals surface area contributed by atoms with E-state index in [2.05, 4.69) is 18.0 Å². The molecule has 0 saturated heterocycles. The van der Waals surface area contributed by atoms with Crippen molar-refractivity contribution in [1.82, 2.24) is 4.98 Å². The van der Waals surface area contributed by atoms with Gasteiger partial charge in [0.2, 0.25) is 0 Å². The Balaban J connectivity index is 2.38. The van der Waals surface area contributed by atoms with Crippen LogP contribution >= 0.6 is 0 Å². The smallest absolute Gasteiger partial charge is 0.151 e. The van der Waals surface area contributed by atoms with Gasteiger partial charge in [-0.2, -0.15) is 0 Å². The number of hydrogen-bond donors (Lipinski definition) is 1. The molecule has 1 aromatic carbocycles. The fraction of sp³-hybridized carbons (Fsp3) is 0.308. The van der Waals surface area contributed by atoms with Crippen molar-refractivity contribution in [1.29, 1.82) is 0 Å². The number of carbonyl (C=O) groups excluding carboxylic acids is 1. The van der Waals surface area contributed by atoms with Crippen LogP contribution in [0.5, 0.6) is 0 Å². The third-order valence-electron chi connectivity index (χ3n) is 3.25. The summed E-state index contributed by atoms with van der Waals surface area (Å²) in [7, 11) is 0. The van der Waals surface area contributed by atoms with E-state index in [1.165, 1.54) is 24.0 Å². The van der Waals surface area contributed by atoms with E-state index in [1.54, 1.807) is 0 Å². The average molecular weight is 199 g/mol. The minimum Gasteiger partial charge on any atom is -0.361 e. The van der Waals surface area contributed by atoms with E-state index in [9.17, 15) is 4.79 Å². The third-order valence-corrected chi connectivity index (χ3v) is 3.25. The van der Waals surface area contributed by atoms with E-state index in [0.717, 1.165) is 22.8 Å². The highest BCUT2D eigenvalue weighted by molar-refractivity contribution is 6.00. The first-order chi connectivity index (χ1) is 7.31. The normalized spacial score (nSPS) is 15.8. The van der Waals surface area contributed by atoms with Crippen LogP contribution in [0.25, 0.3) is 10.9 Å². The molecule has 2 nitrogen and oxygen atoms in total. The number of hydrogen-bond acceptors (Lipinski definition) is 1. The number of rotatable bonds is 2. The van der Waals surface area contributed by atoms with Crippen molar-refractivity contribution >= 4 is 17.2 Å². The van der Waals surface area contributed by atoms with Gasteiger partial charge in [-0.15, -0.1) is 0 Å². The summed E-state index contributed by atoms with van der Waals surface area (Å²) in [6.07, 6.45) is 5.37. The zero-order valence-electron chi connectivity index (χ0n) is 8.71. The van der Waals surface area contributed by atoms with Crippen LogP contribution in [-0.4, -0.2) is 11.3 Å². The lowest BCUT2D eigenvalue weighted by Crippen LogP contribution is -1.93. The topological polar surface area (TPSA) is 32.9 Å². The van der Waals surface area contributed by atoms with Crippen LogP contribution in [0.1, 0.15) is 40.2 Å². The summed E-state index contributed by atoms with van der Waals surface area (Å²) in [6.45, 7) is 2.10. The van der Waals surface area contributed by atoms with Gasteiger partial charge in [-0.25, -0.2) is 0 Å². The zero-order chi connectivity index (χ0) is 10.4. The van der Waals surface area contributed by atoms with Gasteiger partial charge in [0.1, 0.15) is 0 Å². The Morgan fingerprint density at radius 2 is 2.27 bits per heavy atom. The van der Waals surface area contributed by atoms with Gasteiger partial charge in [0.15, 0.2) is 6.29 Å². The van der Waals surface area contributed by atoms with Crippen LogP contribution in [0.15, 0.2) is 18.3 Å². The maximum Gasteiger partial charge on any atom is 0.151 e. The van der Waals surface area contributed by atoms with Crippen LogP contribution in [-0.2, 0) is 0 Å². The van der Waals surface area contributed by atoms with Gasteiger partial charge in [-0.05, 0) is 42.9 Å². The molecule has 2 heteroatoms. The predicted molar refractivity (Wildman–Crippen MR) is 60.4 cm³/mol. The lowest BCUT2D eigenvalue weighted by Gasteiger charge is -2.07. The predicted octanol–water partition coefficient (Wildman–Crippen LogP) is 3.17. The number of H-pyrrole nitrogens is 1. The molecule has 1 saturated carbocycles. The molecule has 15 heavy (non-hydrogen) atoms. The molecule has 0 unspecified atom stereocenters. The van der Waals surface area contributed by atoms with Gasteiger partial charge in [0.25, 0.3) is 0 Å². The van der Waals surface area contributed by atoms with Gasteiger partial charge in [-0.1, -0.05) is 6.07 Å². The van der Waals surface area contributed by atoms with Gasteiger partial charge in [0, 0.05) is 22.7 Å². The maximum atomic E-state index is 11.2. The lowest BCUT2D eigenvalue weighted by atomic mass is 9.97. The SMILES string of the molecule is Cc1cc(C2CC2)c(C=O)c2cc[nH]c12. The van der Waals surface area contributed by atoms with Crippen molar-refractivity contribution in [3.8, 4) is 0 Å². The monoisotopic (exact) mass is 199 g/mol. The largest absolute Gasteiger partial charge is 0.361 e. The number of fused-ring (bicyclic) bond motifs is 1. The highest BCUT2D eigenvalue weighted by Gasteiger charge is 2.27. The highest BCUT2D eigenvalue weighted by atomic mass is 16.1. The lowest BCUT2D eigenvalue weighted by molar-refractivity contribution is 0.112. The molecule has 0 bridgehead atoms. The van der Waals surface area contributed by atoms with Crippen LogP contribution < -0.4 is 0 Å². The molecule has 1 N–H and O–H groups in total. The maximum absolute atomic E-state index is 11.2. The second-order valence-corrected chi connectivity index (χ2v) is 4.35. The van der Waals surface area contributed by atoms with E-state index < -0.39 is 0 Å².